The fraction of sp³-hybridized carbons (Fsp3) is 0.231. The third kappa shape index (κ3) is 3.97. The molecule has 0 spiro atoms. The number of para-hydroxylation sites is 1. The van der Waals surface area contributed by atoms with Crippen LogP contribution >= 0.6 is 0 Å². The molecule has 6 nitrogen and oxygen atoms in total. The van der Waals surface area contributed by atoms with Crippen LogP contribution in [-0.4, -0.2) is 35.1 Å². The molecule has 0 radical (unpaired) electrons. The Balaban J connectivity index is 1.27. The molecular formula is C26H22N4O2. The van der Waals surface area contributed by atoms with Crippen LogP contribution in [0.1, 0.15) is 16.8 Å². The van der Waals surface area contributed by atoms with Gasteiger partial charge in [0.05, 0.1) is 6.20 Å². The van der Waals surface area contributed by atoms with Gasteiger partial charge in [-0.2, -0.15) is 5.26 Å². The fourth-order valence-electron chi connectivity index (χ4n) is 4.56. The molecule has 5 rings (SSSR count). The molecule has 2 fully saturated rings. The lowest BCUT2D eigenvalue weighted by atomic mass is 9.67. The summed E-state index contributed by atoms with van der Waals surface area (Å²) in [4.78, 5) is 22.8. The summed E-state index contributed by atoms with van der Waals surface area (Å²) in [6.45, 7) is 1.62. The van der Waals surface area contributed by atoms with Gasteiger partial charge in [0.25, 0.3) is 5.91 Å². The Kier molecular flexibility index (Phi) is 5.39. The van der Waals surface area contributed by atoms with Crippen molar-refractivity contribution in [1.29, 1.82) is 5.26 Å². The number of benzene rings is 2. The second kappa shape index (κ2) is 8.64. The van der Waals surface area contributed by atoms with Crippen LogP contribution < -0.4 is 4.74 Å². The third-order valence-corrected chi connectivity index (χ3v) is 6.34. The number of fused-ring (bicyclic) bond motifs is 1. The summed E-state index contributed by atoms with van der Waals surface area (Å²) in [7, 11) is 0. The molecular weight excluding hydrogens is 400 g/mol. The van der Waals surface area contributed by atoms with Gasteiger partial charge in [-0.05, 0) is 60.1 Å². The Morgan fingerprint density at radius 1 is 1.12 bits per heavy atom. The second-order valence-corrected chi connectivity index (χ2v) is 8.28. The van der Waals surface area contributed by atoms with Crippen molar-refractivity contribution in [3.05, 3.63) is 78.6 Å². The Hall–Kier alpha value is -3.98. The van der Waals surface area contributed by atoms with Crippen molar-refractivity contribution in [1.82, 2.24) is 9.88 Å². The molecule has 1 saturated carbocycles. The Morgan fingerprint density at radius 2 is 1.94 bits per heavy atom. The maximum absolute atomic E-state index is 12.6. The second-order valence-electron chi connectivity index (χ2n) is 8.28. The highest BCUT2D eigenvalue weighted by Gasteiger charge is 2.46. The highest BCUT2D eigenvalue weighted by molar-refractivity contribution is 5.99. The molecule has 158 valence electrons. The van der Waals surface area contributed by atoms with Gasteiger partial charge < -0.3 is 9.64 Å². The number of rotatable bonds is 5. The van der Waals surface area contributed by atoms with E-state index in [-0.39, 0.29) is 11.8 Å². The summed E-state index contributed by atoms with van der Waals surface area (Å²) in [5.41, 5.74) is 2.38. The highest BCUT2D eigenvalue weighted by Crippen LogP contribution is 2.44. The maximum atomic E-state index is 12.6. The van der Waals surface area contributed by atoms with E-state index in [0.717, 1.165) is 36.4 Å². The van der Waals surface area contributed by atoms with E-state index < -0.39 is 0 Å². The van der Waals surface area contributed by atoms with Gasteiger partial charge in [-0.3, -0.25) is 9.78 Å². The molecule has 0 N–H and O–H groups in total. The van der Waals surface area contributed by atoms with Gasteiger partial charge in [-0.15, -0.1) is 0 Å². The summed E-state index contributed by atoms with van der Waals surface area (Å²) in [6.07, 6.45) is 8.42. The highest BCUT2D eigenvalue weighted by atomic mass is 16.5. The maximum Gasteiger partial charge on any atom is 0.276 e. The smallest absolute Gasteiger partial charge is 0.276 e. The number of aliphatic imine (C=N–C) groups is 1. The zero-order chi connectivity index (χ0) is 21.9. The van der Waals surface area contributed by atoms with Crippen LogP contribution in [0, 0.1) is 29.2 Å². The molecule has 1 saturated heterocycles. The number of nitrogens with zero attached hydrogens (tertiary/aromatic N) is 4. The number of aromatic nitrogens is 1. The summed E-state index contributed by atoms with van der Waals surface area (Å²) in [5, 5.41) is 9.05. The van der Waals surface area contributed by atoms with Crippen molar-refractivity contribution < 1.29 is 9.53 Å². The van der Waals surface area contributed by atoms with E-state index in [1.165, 1.54) is 0 Å². The molecule has 2 aliphatic rings. The number of hydrogen-bond acceptors (Lipinski definition) is 5. The predicted octanol–water partition coefficient (Wildman–Crippen LogP) is 4.80. The fourth-order valence-corrected chi connectivity index (χ4v) is 4.56. The first-order valence-corrected chi connectivity index (χ1v) is 10.7. The van der Waals surface area contributed by atoms with Crippen LogP contribution in [0.5, 0.6) is 11.5 Å². The normalized spacial score (nSPS) is 21.6. The lowest BCUT2D eigenvalue weighted by molar-refractivity contribution is 0.100. The average Bonchev–Trinajstić information content (AvgIpc) is 3.16. The van der Waals surface area contributed by atoms with E-state index in [2.05, 4.69) is 16.2 Å². The van der Waals surface area contributed by atoms with Gasteiger partial charge in [0.2, 0.25) is 0 Å². The van der Waals surface area contributed by atoms with E-state index in [1.807, 2.05) is 48.5 Å². The van der Waals surface area contributed by atoms with Crippen molar-refractivity contribution in [2.24, 2.45) is 22.7 Å². The van der Waals surface area contributed by atoms with Crippen molar-refractivity contribution in [2.75, 3.05) is 13.1 Å². The minimum Gasteiger partial charge on any atom is -0.455 e. The monoisotopic (exact) mass is 422 g/mol. The quantitative estimate of drug-likeness (QED) is 0.436. The van der Waals surface area contributed by atoms with Gasteiger partial charge in [-0.1, -0.05) is 30.3 Å². The van der Waals surface area contributed by atoms with Crippen molar-refractivity contribution in [2.45, 2.75) is 6.42 Å². The summed E-state index contributed by atoms with van der Waals surface area (Å²) in [6, 6.07) is 18.8. The molecule has 1 amide bonds. The Bertz CT molecular complexity index is 1180. The Labute approximate surface area is 186 Å². The van der Waals surface area contributed by atoms with Crippen molar-refractivity contribution in [3.63, 3.8) is 0 Å². The average molecular weight is 422 g/mol. The van der Waals surface area contributed by atoms with Crippen LogP contribution in [0.25, 0.3) is 11.1 Å². The molecule has 2 heterocycles. The minimum absolute atomic E-state index is 0.245. The molecule has 6 heteroatoms. The predicted molar refractivity (Wildman–Crippen MR) is 121 cm³/mol. The van der Waals surface area contributed by atoms with Crippen molar-refractivity contribution >= 4 is 12.1 Å². The first-order chi connectivity index (χ1) is 15.7. The van der Waals surface area contributed by atoms with Crippen LogP contribution in [0.4, 0.5) is 0 Å². The zero-order valence-corrected chi connectivity index (χ0v) is 17.5. The number of carbonyl (C=O) groups excluding carboxylic acids is 1. The number of hydrogen-bond donors (Lipinski definition) is 0. The largest absolute Gasteiger partial charge is 0.455 e. The molecule has 1 aliphatic heterocycles. The molecule has 0 bridgehead atoms. The first kappa shape index (κ1) is 20.0. The van der Waals surface area contributed by atoms with E-state index in [9.17, 15) is 4.79 Å². The molecule has 2 aromatic carbocycles. The Morgan fingerprint density at radius 3 is 2.72 bits per heavy atom. The third-order valence-electron chi connectivity index (χ3n) is 6.34. The van der Waals surface area contributed by atoms with Gasteiger partial charge in [0, 0.05) is 36.6 Å². The van der Waals surface area contributed by atoms with Gasteiger partial charge in [-0.25, -0.2) is 4.99 Å². The van der Waals surface area contributed by atoms with E-state index in [4.69, 9.17) is 10.00 Å². The lowest BCUT2D eigenvalue weighted by Crippen LogP contribution is -2.36. The number of ether oxygens (including phenoxy) is 1. The van der Waals surface area contributed by atoms with E-state index in [0.29, 0.717) is 23.1 Å². The SMILES string of the molecule is N#CN1CC2CC(C=NC(=O)c3ccc(-c4ccncc4Oc4ccccc4)cc3)C2C1. The first-order valence-electron chi connectivity index (χ1n) is 10.7. The lowest BCUT2D eigenvalue weighted by Gasteiger charge is -2.36. The topological polar surface area (TPSA) is 78.6 Å². The van der Waals surface area contributed by atoms with Crippen LogP contribution in [0.15, 0.2) is 78.0 Å². The van der Waals surface area contributed by atoms with Gasteiger partial charge >= 0.3 is 0 Å². The van der Waals surface area contributed by atoms with Crippen molar-refractivity contribution in [3.8, 4) is 28.8 Å². The summed E-state index contributed by atoms with van der Waals surface area (Å²) < 4.78 is 6.00. The van der Waals surface area contributed by atoms with E-state index >= 15 is 0 Å². The van der Waals surface area contributed by atoms with Gasteiger partial charge in [0.15, 0.2) is 11.9 Å². The van der Waals surface area contributed by atoms with Crippen LogP contribution in [0.3, 0.4) is 0 Å². The molecule has 3 atom stereocenters. The standard InChI is InChI=1S/C26H22N4O2/c27-17-30-15-21-12-20(24(21)16-30)13-29-26(31)19-8-6-18(7-9-19)23-10-11-28-14-25(23)32-22-4-2-1-3-5-22/h1-11,13-14,20-21,24H,12,15-16H2. The number of amides is 1. The van der Waals surface area contributed by atoms with Gasteiger partial charge in [0.1, 0.15) is 5.75 Å². The zero-order valence-electron chi connectivity index (χ0n) is 17.5. The summed E-state index contributed by atoms with van der Waals surface area (Å²) >= 11 is 0. The number of likely N-dealkylation sites (tertiary alicyclic amines) is 1. The van der Waals surface area contributed by atoms with E-state index in [1.54, 1.807) is 35.6 Å². The number of carbonyl (C=O) groups is 1. The number of pyridine rings is 1. The molecule has 32 heavy (non-hydrogen) atoms. The molecule has 3 unspecified atom stereocenters. The molecule has 3 aromatic rings. The van der Waals surface area contributed by atoms with Crippen LogP contribution in [-0.2, 0) is 0 Å². The minimum atomic E-state index is -0.245. The number of nitriles is 1. The van der Waals surface area contributed by atoms with Crippen LogP contribution in [0.2, 0.25) is 0 Å². The molecule has 1 aromatic heterocycles. The summed E-state index contributed by atoms with van der Waals surface area (Å²) in [5.74, 6) is 2.44. The molecule has 1 aliphatic carbocycles.